The molecule has 0 spiro atoms. The largest absolute Gasteiger partial charge is 0.454 e. The first kappa shape index (κ1) is 13.6. The molecule has 1 aromatic carbocycles. The minimum absolute atomic E-state index is 0.162. The van der Waals surface area contributed by atoms with Gasteiger partial charge in [0.15, 0.2) is 11.5 Å². The van der Waals surface area contributed by atoms with E-state index in [0.29, 0.717) is 11.5 Å². The Balaban J connectivity index is 1.90. The fourth-order valence-corrected chi connectivity index (χ4v) is 2.85. The molecule has 0 unspecified atom stereocenters. The first-order chi connectivity index (χ1) is 9.75. The Morgan fingerprint density at radius 3 is 2.75 bits per heavy atom. The number of nitrogens with zero attached hydrogens (tertiary/aromatic N) is 1. The van der Waals surface area contributed by atoms with Crippen molar-refractivity contribution in [2.24, 2.45) is 0 Å². The molecule has 0 aliphatic carbocycles. The van der Waals surface area contributed by atoms with Crippen LogP contribution in [0.4, 0.5) is 8.78 Å². The van der Waals surface area contributed by atoms with Gasteiger partial charge < -0.3 is 14.8 Å². The van der Waals surface area contributed by atoms with Gasteiger partial charge in [0, 0.05) is 44.2 Å². The molecule has 1 atom stereocenters. The zero-order valence-electron chi connectivity index (χ0n) is 11.1. The molecule has 2 aliphatic heterocycles. The lowest BCUT2D eigenvalue weighted by atomic mass is 10.00. The number of fused-ring (bicyclic) bond motifs is 1. The molecule has 3 rings (SSSR count). The molecule has 20 heavy (non-hydrogen) atoms. The van der Waals surface area contributed by atoms with Gasteiger partial charge in [-0.2, -0.15) is 0 Å². The summed E-state index contributed by atoms with van der Waals surface area (Å²) in [6.45, 7) is 3.34. The quantitative estimate of drug-likeness (QED) is 0.917. The number of rotatable bonds is 4. The van der Waals surface area contributed by atoms with Gasteiger partial charge in [0.2, 0.25) is 13.2 Å². The van der Waals surface area contributed by atoms with Crippen LogP contribution in [0, 0.1) is 0 Å². The Kier molecular flexibility index (Phi) is 4.03. The van der Waals surface area contributed by atoms with Gasteiger partial charge in [0.05, 0.1) is 0 Å². The average molecular weight is 284 g/mol. The zero-order valence-corrected chi connectivity index (χ0v) is 11.1. The Bertz CT molecular complexity index is 464. The van der Waals surface area contributed by atoms with Crippen LogP contribution < -0.4 is 14.8 Å². The summed E-state index contributed by atoms with van der Waals surface area (Å²) in [5.41, 5.74) is 0.808. The number of hydrogen-bond acceptors (Lipinski definition) is 4. The summed E-state index contributed by atoms with van der Waals surface area (Å²) in [6.07, 6.45) is -2.52. The van der Waals surface area contributed by atoms with Crippen LogP contribution in [0.1, 0.15) is 18.0 Å². The molecule has 0 amide bonds. The van der Waals surface area contributed by atoms with E-state index in [-0.39, 0.29) is 19.3 Å². The minimum Gasteiger partial charge on any atom is -0.454 e. The number of alkyl halides is 2. The average Bonchev–Trinajstić information content (AvgIpc) is 2.94. The summed E-state index contributed by atoms with van der Waals surface area (Å²) in [7, 11) is 0. The maximum absolute atomic E-state index is 13.0. The van der Waals surface area contributed by atoms with Gasteiger partial charge in [-0.05, 0) is 6.07 Å². The van der Waals surface area contributed by atoms with Crippen molar-refractivity contribution in [2.75, 3.05) is 33.0 Å². The fraction of sp³-hybridized carbons (Fsp3) is 0.571. The second kappa shape index (κ2) is 5.93. The topological polar surface area (TPSA) is 33.7 Å². The van der Waals surface area contributed by atoms with E-state index < -0.39 is 6.43 Å². The molecule has 1 aromatic rings. The van der Waals surface area contributed by atoms with Crippen LogP contribution in [0.2, 0.25) is 0 Å². The van der Waals surface area contributed by atoms with E-state index >= 15 is 0 Å². The summed E-state index contributed by atoms with van der Waals surface area (Å²) >= 11 is 0. The molecule has 6 heteroatoms. The number of hydrogen-bond donors (Lipinski definition) is 1. The van der Waals surface area contributed by atoms with Gasteiger partial charge >= 0.3 is 0 Å². The highest BCUT2D eigenvalue weighted by Gasteiger charge is 2.30. The van der Waals surface area contributed by atoms with Gasteiger partial charge in [-0.25, -0.2) is 8.78 Å². The molecule has 110 valence electrons. The van der Waals surface area contributed by atoms with Gasteiger partial charge in [-0.1, -0.05) is 12.1 Å². The molecule has 2 aliphatic rings. The monoisotopic (exact) mass is 284 g/mol. The van der Waals surface area contributed by atoms with Crippen LogP contribution in [0.5, 0.6) is 11.5 Å². The van der Waals surface area contributed by atoms with Crippen LogP contribution in [-0.4, -0.2) is 44.3 Å². The van der Waals surface area contributed by atoms with Crippen molar-refractivity contribution in [1.82, 2.24) is 10.2 Å². The summed E-state index contributed by atoms with van der Waals surface area (Å²) < 4.78 is 36.7. The Morgan fingerprint density at radius 2 is 2.00 bits per heavy atom. The lowest BCUT2D eigenvalue weighted by Crippen LogP contribution is -2.45. The highest BCUT2D eigenvalue weighted by molar-refractivity contribution is 5.49. The molecule has 0 saturated carbocycles. The van der Waals surface area contributed by atoms with E-state index in [0.717, 1.165) is 31.7 Å². The Labute approximate surface area is 116 Å². The van der Waals surface area contributed by atoms with E-state index in [4.69, 9.17) is 9.47 Å². The molecular weight excluding hydrogens is 266 g/mol. The standard InChI is InChI=1S/C14H18F2N2O2/c15-13(16)8-11(18-6-4-17-5-7-18)10-2-1-3-12-14(10)20-9-19-12/h1-3,11,13,17H,4-9H2/t11-/m0/s1. The van der Waals surface area contributed by atoms with Crippen molar-refractivity contribution < 1.29 is 18.3 Å². The first-order valence-electron chi connectivity index (χ1n) is 6.87. The molecular formula is C14H18F2N2O2. The minimum atomic E-state index is -2.34. The summed E-state index contributed by atoms with van der Waals surface area (Å²) in [4.78, 5) is 2.10. The first-order valence-corrected chi connectivity index (χ1v) is 6.87. The fourth-order valence-electron chi connectivity index (χ4n) is 2.85. The maximum Gasteiger partial charge on any atom is 0.240 e. The van der Waals surface area contributed by atoms with Crippen LogP contribution in [0.15, 0.2) is 18.2 Å². The number of halogens is 2. The summed E-state index contributed by atoms with van der Waals surface area (Å²) in [5, 5.41) is 3.24. The lowest BCUT2D eigenvalue weighted by molar-refractivity contribution is 0.0725. The van der Waals surface area contributed by atoms with Crippen LogP contribution in [0.3, 0.4) is 0 Å². The highest BCUT2D eigenvalue weighted by Crippen LogP contribution is 2.42. The number of benzene rings is 1. The molecule has 0 radical (unpaired) electrons. The van der Waals surface area contributed by atoms with Crippen LogP contribution >= 0.6 is 0 Å². The third-order valence-electron chi connectivity index (χ3n) is 3.78. The third-order valence-corrected chi connectivity index (χ3v) is 3.78. The second-order valence-corrected chi connectivity index (χ2v) is 5.01. The molecule has 1 fully saturated rings. The predicted molar refractivity (Wildman–Crippen MR) is 70.4 cm³/mol. The van der Waals surface area contributed by atoms with E-state index in [1.54, 1.807) is 0 Å². The van der Waals surface area contributed by atoms with Crippen LogP contribution in [-0.2, 0) is 0 Å². The van der Waals surface area contributed by atoms with E-state index in [9.17, 15) is 8.78 Å². The van der Waals surface area contributed by atoms with Gasteiger partial charge in [0.25, 0.3) is 0 Å². The van der Waals surface area contributed by atoms with Crippen molar-refractivity contribution in [1.29, 1.82) is 0 Å². The lowest BCUT2D eigenvalue weighted by Gasteiger charge is -2.35. The summed E-state index contributed by atoms with van der Waals surface area (Å²) in [6, 6.07) is 5.18. The van der Waals surface area contributed by atoms with Crippen molar-refractivity contribution in [3.8, 4) is 11.5 Å². The second-order valence-electron chi connectivity index (χ2n) is 5.01. The van der Waals surface area contributed by atoms with Crippen LogP contribution in [0.25, 0.3) is 0 Å². The highest BCUT2D eigenvalue weighted by atomic mass is 19.3. The number of ether oxygens (including phenoxy) is 2. The number of piperazine rings is 1. The zero-order chi connectivity index (χ0) is 13.9. The number of nitrogens with one attached hydrogen (secondary N) is 1. The maximum atomic E-state index is 13.0. The van der Waals surface area contributed by atoms with Crippen molar-refractivity contribution in [3.05, 3.63) is 23.8 Å². The van der Waals surface area contributed by atoms with Gasteiger partial charge in [-0.15, -0.1) is 0 Å². The SMILES string of the molecule is FC(F)C[C@@H](c1cccc2c1OCO2)N1CCNCC1. The molecule has 1 saturated heterocycles. The van der Waals surface area contributed by atoms with Crippen molar-refractivity contribution in [3.63, 3.8) is 0 Å². The smallest absolute Gasteiger partial charge is 0.240 e. The van der Waals surface area contributed by atoms with Crippen molar-refractivity contribution in [2.45, 2.75) is 18.9 Å². The predicted octanol–water partition coefficient (Wildman–Crippen LogP) is 2.02. The molecule has 1 N–H and O–H groups in total. The van der Waals surface area contributed by atoms with Gasteiger partial charge in [0.1, 0.15) is 0 Å². The Morgan fingerprint density at radius 1 is 1.20 bits per heavy atom. The molecule has 4 nitrogen and oxygen atoms in total. The molecule has 2 heterocycles. The van der Waals surface area contributed by atoms with Gasteiger partial charge in [-0.3, -0.25) is 4.90 Å². The molecule has 0 bridgehead atoms. The normalized spacial score (nSPS) is 20.4. The summed E-state index contributed by atoms with van der Waals surface area (Å²) in [5.74, 6) is 1.27. The number of para-hydroxylation sites is 1. The van der Waals surface area contributed by atoms with E-state index in [2.05, 4.69) is 10.2 Å². The van der Waals surface area contributed by atoms with Crippen molar-refractivity contribution >= 4 is 0 Å². The van der Waals surface area contributed by atoms with E-state index in [1.165, 1.54) is 0 Å². The van der Waals surface area contributed by atoms with E-state index in [1.807, 2.05) is 18.2 Å². The molecule has 0 aromatic heterocycles. The Hall–Kier alpha value is -1.40. The third kappa shape index (κ3) is 2.71.